The lowest BCUT2D eigenvalue weighted by atomic mass is 10.0. The Morgan fingerprint density at radius 3 is 2.50 bits per heavy atom. The third kappa shape index (κ3) is 3.18. The van der Waals surface area contributed by atoms with Crippen molar-refractivity contribution in [2.24, 2.45) is 0 Å². The molecule has 94 valence electrons. The number of aromatic nitrogens is 1. The summed E-state index contributed by atoms with van der Waals surface area (Å²) in [6.45, 7) is 2.16. The zero-order chi connectivity index (χ0) is 13.0. The molecule has 0 saturated carbocycles. The second kappa shape index (κ2) is 6.12. The van der Waals surface area contributed by atoms with E-state index in [-0.39, 0.29) is 0 Å². The summed E-state index contributed by atoms with van der Waals surface area (Å²) in [4.78, 5) is 4.07. The molecule has 1 aromatic heterocycles. The Kier molecular flexibility index (Phi) is 4.50. The molecule has 0 aliphatic heterocycles. The van der Waals surface area contributed by atoms with E-state index in [1.165, 1.54) is 5.56 Å². The number of rotatable bonds is 4. The minimum atomic E-state index is -0.620. The normalized spacial score (nSPS) is 12.4. The van der Waals surface area contributed by atoms with Crippen LogP contribution in [0.4, 0.5) is 0 Å². The van der Waals surface area contributed by atoms with E-state index in [1.807, 2.05) is 18.2 Å². The molecule has 1 heterocycles. The molecule has 1 N–H and O–H groups in total. The summed E-state index contributed by atoms with van der Waals surface area (Å²) < 4.78 is 0.877. The fourth-order valence-corrected chi connectivity index (χ4v) is 2.31. The highest BCUT2D eigenvalue weighted by atomic mass is 79.9. The molecular formula is C15H16BrNO. The Bertz CT molecular complexity index is 510. The maximum Gasteiger partial charge on any atom is 0.106 e. The SMILES string of the molecule is CCCc1ccc(C(O)c2cncc(Br)c2)cc1. The number of halogens is 1. The van der Waals surface area contributed by atoms with Gasteiger partial charge in [0.15, 0.2) is 0 Å². The highest BCUT2D eigenvalue weighted by Crippen LogP contribution is 2.23. The van der Waals surface area contributed by atoms with E-state index in [1.54, 1.807) is 12.4 Å². The van der Waals surface area contributed by atoms with Crippen molar-refractivity contribution in [3.63, 3.8) is 0 Å². The van der Waals surface area contributed by atoms with Crippen molar-refractivity contribution in [3.05, 3.63) is 63.9 Å². The van der Waals surface area contributed by atoms with Gasteiger partial charge in [-0.05, 0) is 39.5 Å². The van der Waals surface area contributed by atoms with Crippen molar-refractivity contribution in [2.45, 2.75) is 25.9 Å². The van der Waals surface area contributed by atoms with Crippen LogP contribution in [0.15, 0.2) is 47.2 Å². The number of pyridine rings is 1. The molecular weight excluding hydrogens is 290 g/mol. The van der Waals surface area contributed by atoms with Crippen molar-refractivity contribution in [1.82, 2.24) is 4.98 Å². The molecule has 0 aliphatic rings. The molecule has 0 fully saturated rings. The van der Waals surface area contributed by atoms with Gasteiger partial charge in [-0.3, -0.25) is 4.98 Å². The standard InChI is InChI=1S/C15H16BrNO/c1-2-3-11-4-6-12(7-5-11)15(18)13-8-14(16)10-17-9-13/h4-10,15,18H,2-3H2,1H3. The van der Waals surface area contributed by atoms with Crippen LogP contribution in [0.1, 0.15) is 36.1 Å². The van der Waals surface area contributed by atoms with Gasteiger partial charge in [0.25, 0.3) is 0 Å². The minimum Gasteiger partial charge on any atom is -0.384 e. The van der Waals surface area contributed by atoms with E-state index >= 15 is 0 Å². The van der Waals surface area contributed by atoms with E-state index in [4.69, 9.17) is 0 Å². The predicted molar refractivity (Wildman–Crippen MR) is 76.4 cm³/mol. The average Bonchev–Trinajstić information content (AvgIpc) is 2.39. The number of aliphatic hydroxyl groups excluding tert-OH is 1. The molecule has 3 heteroatoms. The zero-order valence-electron chi connectivity index (χ0n) is 10.3. The van der Waals surface area contributed by atoms with Gasteiger partial charge in [0.05, 0.1) is 0 Å². The first-order valence-corrected chi connectivity index (χ1v) is 6.87. The monoisotopic (exact) mass is 305 g/mol. The van der Waals surface area contributed by atoms with Gasteiger partial charge >= 0.3 is 0 Å². The van der Waals surface area contributed by atoms with Crippen molar-refractivity contribution in [2.75, 3.05) is 0 Å². The van der Waals surface area contributed by atoms with Crippen LogP contribution in [-0.2, 0) is 6.42 Å². The van der Waals surface area contributed by atoms with Crippen LogP contribution in [-0.4, -0.2) is 10.1 Å². The maximum absolute atomic E-state index is 10.3. The molecule has 0 bridgehead atoms. The molecule has 2 rings (SSSR count). The summed E-state index contributed by atoms with van der Waals surface area (Å²) >= 11 is 3.36. The molecule has 1 aromatic carbocycles. The fraction of sp³-hybridized carbons (Fsp3) is 0.267. The lowest BCUT2D eigenvalue weighted by Gasteiger charge is -2.12. The van der Waals surface area contributed by atoms with Crippen molar-refractivity contribution < 1.29 is 5.11 Å². The molecule has 2 aromatic rings. The lowest BCUT2D eigenvalue weighted by molar-refractivity contribution is 0.220. The first-order valence-electron chi connectivity index (χ1n) is 6.08. The highest BCUT2D eigenvalue weighted by Gasteiger charge is 2.10. The highest BCUT2D eigenvalue weighted by molar-refractivity contribution is 9.10. The summed E-state index contributed by atoms with van der Waals surface area (Å²) in [5.74, 6) is 0. The number of hydrogen-bond acceptors (Lipinski definition) is 2. The van der Waals surface area contributed by atoms with Gasteiger partial charge in [0.1, 0.15) is 6.10 Å². The minimum absolute atomic E-state index is 0.620. The molecule has 0 aliphatic carbocycles. The van der Waals surface area contributed by atoms with Crippen molar-refractivity contribution in [1.29, 1.82) is 0 Å². The number of benzene rings is 1. The molecule has 2 nitrogen and oxygen atoms in total. The topological polar surface area (TPSA) is 33.1 Å². The van der Waals surface area contributed by atoms with E-state index in [9.17, 15) is 5.11 Å². The van der Waals surface area contributed by atoms with Crippen LogP contribution in [0, 0.1) is 0 Å². The van der Waals surface area contributed by atoms with Gasteiger partial charge in [-0.15, -0.1) is 0 Å². The number of aliphatic hydroxyl groups is 1. The number of nitrogens with zero attached hydrogens (tertiary/aromatic N) is 1. The average molecular weight is 306 g/mol. The third-order valence-electron chi connectivity index (χ3n) is 2.88. The van der Waals surface area contributed by atoms with Crippen molar-refractivity contribution in [3.8, 4) is 0 Å². The van der Waals surface area contributed by atoms with Gasteiger partial charge in [0.2, 0.25) is 0 Å². The van der Waals surface area contributed by atoms with Crippen molar-refractivity contribution >= 4 is 15.9 Å². The first kappa shape index (κ1) is 13.2. The van der Waals surface area contributed by atoms with Crippen LogP contribution in [0.5, 0.6) is 0 Å². The van der Waals surface area contributed by atoms with Gasteiger partial charge in [0, 0.05) is 22.4 Å². The van der Waals surface area contributed by atoms with Gasteiger partial charge in [-0.1, -0.05) is 37.6 Å². The van der Waals surface area contributed by atoms with Gasteiger partial charge in [-0.25, -0.2) is 0 Å². The van der Waals surface area contributed by atoms with Crippen LogP contribution in [0.2, 0.25) is 0 Å². The van der Waals surface area contributed by atoms with Crippen LogP contribution in [0.3, 0.4) is 0 Å². The summed E-state index contributed by atoms with van der Waals surface area (Å²) in [5, 5.41) is 10.3. The second-order valence-electron chi connectivity index (χ2n) is 4.33. The second-order valence-corrected chi connectivity index (χ2v) is 5.25. The third-order valence-corrected chi connectivity index (χ3v) is 3.31. The summed E-state index contributed by atoms with van der Waals surface area (Å²) in [5.41, 5.74) is 3.00. The largest absolute Gasteiger partial charge is 0.384 e. The number of hydrogen-bond donors (Lipinski definition) is 1. The molecule has 0 saturated heterocycles. The summed E-state index contributed by atoms with van der Waals surface area (Å²) in [6.07, 6.45) is 4.99. The van der Waals surface area contributed by atoms with E-state index in [0.29, 0.717) is 0 Å². The Balaban J connectivity index is 2.20. The molecule has 0 spiro atoms. The van der Waals surface area contributed by atoms with E-state index in [0.717, 1.165) is 28.4 Å². The Morgan fingerprint density at radius 1 is 1.17 bits per heavy atom. The maximum atomic E-state index is 10.3. The van der Waals surface area contributed by atoms with Crippen LogP contribution >= 0.6 is 15.9 Å². The summed E-state index contributed by atoms with van der Waals surface area (Å²) in [7, 11) is 0. The zero-order valence-corrected chi connectivity index (χ0v) is 11.9. The molecule has 1 unspecified atom stereocenters. The molecule has 0 radical (unpaired) electrons. The molecule has 1 atom stereocenters. The molecule has 0 amide bonds. The van der Waals surface area contributed by atoms with Gasteiger partial charge < -0.3 is 5.11 Å². The Hall–Kier alpha value is -1.19. The smallest absolute Gasteiger partial charge is 0.106 e. The quantitative estimate of drug-likeness (QED) is 0.930. The Morgan fingerprint density at radius 2 is 1.89 bits per heavy atom. The number of aryl methyl sites for hydroxylation is 1. The van der Waals surface area contributed by atoms with E-state index < -0.39 is 6.10 Å². The van der Waals surface area contributed by atoms with Crippen LogP contribution in [0.25, 0.3) is 0 Å². The summed E-state index contributed by atoms with van der Waals surface area (Å²) in [6, 6.07) is 10.0. The van der Waals surface area contributed by atoms with Gasteiger partial charge in [-0.2, -0.15) is 0 Å². The lowest BCUT2D eigenvalue weighted by Crippen LogP contribution is -2.00. The van der Waals surface area contributed by atoms with E-state index in [2.05, 4.69) is 40.0 Å². The first-order chi connectivity index (χ1) is 8.70. The molecule has 18 heavy (non-hydrogen) atoms. The fourth-order valence-electron chi connectivity index (χ4n) is 1.93. The Labute approximate surface area is 116 Å². The predicted octanol–water partition coefficient (Wildman–Crippen LogP) is 3.88. The van der Waals surface area contributed by atoms with Crippen LogP contribution < -0.4 is 0 Å².